The van der Waals surface area contributed by atoms with Crippen molar-refractivity contribution in [3.05, 3.63) is 104 Å². The number of amides is 2. The lowest BCUT2D eigenvalue weighted by Gasteiger charge is -2.13. The van der Waals surface area contributed by atoms with Crippen LogP contribution in [0.25, 0.3) is 22.2 Å². The summed E-state index contributed by atoms with van der Waals surface area (Å²) < 4.78 is 13.9. The maximum atomic E-state index is 13.9. The van der Waals surface area contributed by atoms with E-state index < -0.39 is 38.9 Å². The molecule has 0 unspecified atom stereocenters. The molecule has 0 atom stereocenters. The number of nitrogens with zero attached hydrogens (tertiary/aromatic N) is 4. The van der Waals surface area contributed by atoms with E-state index in [4.69, 9.17) is 0 Å². The van der Waals surface area contributed by atoms with E-state index in [0.29, 0.717) is 5.56 Å². The van der Waals surface area contributed by atoms with Crippen molar-refractivity contribution in [3.63, 3.8) is 0 Å². The zero-order valence-electron chi connectivity index (χ0n) is 17.0. The predicted octanol–water partition coefficient (Wildman–Crippen LogP) is 4.66. The molecule has 0 spiro atoms. The van der Waals surface area contributed by atoms with Crippen LogP contribution in [0.2, 0.25) is 0 Å². The molecule has 1 aliphatic rings. The molecular formula is C23H11FN4O6. The Bertz CT molecular complexity index is 1570. The first-order valence-electron chi connectivity index (χ1n) is 9.78. The van der Waals surface area contributed by atoms with E-state index in [1.807, 2.05) is 0 Å². The topological polar surface area (TPSA) is 137 Å². The molecule has 5 rings (SSSR count). The summed E-state index contributed by atoms with van der Waals surface area (Å²) in [6.45, 7) is 0. The van der Waals surface area contributed by atoms with Crippen LogP contribution in [0.3, 0.4) is 0 Å². The summed E-state index contributed by atoms with van der Waals surface area (Å²) in [5, 5.41) is 23.0. The van der Waals surface area contributed by atoms with Crippen molar-refractivity contribution >= 4 is 39.8 Å². The van der Waals surface area contributed by atoms with Crippen LogP contribution in [-0.4, -0.2) is 26.6 Å². The average Bonchev–Trinajstić information content (AvgIpc) is 3.08. The van der Waals surface area contributed by atoms with Crippen LogP contribution in [0.1, 0.15) is 20.7 Å². The van der Waals surface area contributed by atoms with Gasteiger partial charge in [0.25, 0.3) is 17.5 Å². The van der Waals surface area contributed by atoms with E-state index in [-0.39, 0.29) is 33.4 Å². The summed E-state index contributed by atoms with van der Waals surface area (Å²) in [7, 11) is 0. The number of pyridine rings is 1. The molecule has 0 fully saturated rings. The number of aromatic nitrogens is 1. The Balaban J connectivity index is 1.91. The molecule has 0 N–H and O–H groups in total. The number of nitro groups is 2. The van der Waals surface area contributed by atoms with Crippen molar-refractivity contribution in [1.29, 1.82) is 0 Å². The maximum absolute atomic E-state index is 13.9. The van der Waals surface area contributed by atoms with Gasteiger partial charge in [0.15, 0.2) is 0 Å². The number of imide groups is 1. The molecule has 2 amide bonds. The number of benzene rings is 3. The lowest BCUT2D eigenvalue weighted by Crippen LogP contribution is -2.29. The first-order chi connectivity index (χ1) is 16.3. The maximum Gasteiger partial charge on any atom is 0.302 e. The highest BCUT2D eigenvalue weighted by Gasteiger charge is 2.42. The molecule has 10 nitrogen and oxygen atoms in total. The lowest BCUT2D eigenvalue weighted by atomic mass is 9.97. The Hall–Kier alpha value is -5.06. The molecule has 2 heterocycles. The number of nitro benzene ring substituents is 2. The molecule has 0 bridgehead atoms. The van der Waals surface area contributed by atoms with E-state index in [1.165, 1.54) is 12.1 Å². The van der Waals surface area contributed by atoms with Crippen LogP contribution in [0.4, 0.5) is 21.5 Å². The highest BCUT2D eigenvalue weighted by molar-refractivity contribution is 6.39. The quantitative estimate of drug-likeness (QED) is 0.246. The Labute approximate surface area is 189 Å². The summed E-state index contributed by atoms with van der Waals surface area (Å²) >= 11 is 0. The number of hydrogen-bond acceptors (Lipinski definition) is 7. The summed E-state index contributed by atoms with van der Waals surface area (Å²) in [4.78, 5) is 53.5. The number of non-ortho nitro benzene ring substituents is 2. The minimum absolute atomic E-state index is 0.00249. The van der Waals surface area contributed by atoms with Crippen LogP contribution in [0, 0.1) is 26.0 Å². The molecule has 34 heavy (non-hydrogen) atoms. The Morgan fingerprint density at radius 3 is 2.18 bits per heavy atom. The predicted molar refractivity (Wildman–Crippen MR) is 118 cm³/mol. The number of hydrogen-bond donors (Lipinski definition) is 0. The SMILES string of the molecule is O=C1c2c(-c3ccccc3)nc3c([N+](=O)[O-])cc([N+](=O)[O-])cc3c2C(=O)N1c1cccc(F)c1. The van der Waals surface area contributed by atoms with Gasteiger partial charge < -0.3 is 0 Å². The van der Waals surface area contributed by atoms with Gasteiger partial charge in [-0.15, -0.1) is 0 Å². The Morgan fingerprint density at radius 2 is 1.53 bits per heavy atom. The Kier molecular flexibility index (Phi) is 4.60. The highest BCUT2D eigenvalue weighted by Crippen LogP contribution is 2.41. The number of rotatable bonds is 4. The van der Waals surface area contributed by atoms with Gasteiger partial charge in [-0.3, -0.25) is 29.8 Å². The first kappa shape index (κ1) is 20.8. The van der Waals surface area contributed by atoms with E-state index in [0.717, 1.165) is 29.2 Å². The third-order valence-corrected chi connectivity index (χ3v) is 5.41. The highest BCUT2D eigenvalue weighted by atomic mass is 19.1. The minimum Gasteiger partial charge on any atom is -0.268 e. The molecule has 1 aliphatic heterocycles. The minimum atomic E-state index is -0.898. The standard InChI is InChI=1S/C23H11FN4O6/c24-13-7-4-8-14(9-13)26-22(29)18-16-10-15(27(31)32)11-17(28(33)34)21(16)25-20(19(18)23(26)30)12-5-2-1-3-6-12/h1-11H. The van der Waals surface area contributed by atoms with Crippen LogP contribution >= 0.6 is 0 Å². The fourth-order valence-electron chi connectivity index (χ4n) is 3.98. The zero-order valence-corrected chi connectivity index (χ0v) is 17.0. The van der Waals surface area contributed by atoms with Gasteiger partial charge in [-0.2, -0.15) is 0 Å². The molecule has 166 valence electrons. The summed E-state index contributed by atoms with van der Waals surface area (Å²) in [5.74, 6) is -2.41. The first-order valence-corrected chi connectivity index (χ1v) is 9.78. The van der Waals surface area contributed by atoms with Gasteiger partial charge in [-0.05, 0) is 18.2 Å². The normalized spacial score (nSPS) is 12.8. The number of carbonyl (C=O) groups excluding carboxylic acids is 2. The molecule has 4 aromatic rings. The van der Waals surface area contributed by atoms with Crippen molar-refractivity contribution in [2.24, 2.45) is 0 Å². The fraction of sp³-hybridized carbons (Fsp3) is 0. The van der Waals surface area contributed by atoms with Crippen molar-refractivity contribution < 1.29 is 23.8 Å². The fourth-order valence-corrected chi connectivity index (χ4v) is 3.98. The molecule has 0 aliphatic carbocycles. The van der Waals surface area contributed by atoms with Gasteiger partial charge in [0.2, 0.25) is 0 Å². The second-order valence-electron chi connectivity index (χ2n) is 7.38. The Morgan fingerprint density at radius 1 is 0.824 bits per heavy atom. The number of halogens is 1. The molecule has 1 aromatic heterocycles. The van der Waals surface area contributed by atoms with Gasteiger partial charge in [-0.1, -0.05) is 36.4 Å². The van der Waals surface area contributed by atoms with Crippen LogP contribution in [0.5, 0.6) is 0 Å². The number of anilines is 1. The van der Waals surface area contributed by atoms with Crippen molar-refractivity contribution in [2.45, 2.75) is 0 Å². The molecule has 0 radical (unpaired) electrons. The molecule has 0 saturated heterocycles. The third kappa shape index (κ3) is 3.06. The van der Waals surface area contributed by atoms with Crippen LogP contribution in [0.15, 0.2) is 66.7 Å². The van der Waals surface area contributed by atoms with Crippen LogP contribution < -0.4 is 4.90 Å². The smallest absolute Gasteiger partial charge is 0.268 e. The summed E-state index contributed by atoms with van der Waals surface area (Å²) in [6.07, 6.45) is 0. The van der Waals surface area contributed by atoms with E-state index in [2.05, 4.69) is 4.98 Å². The van der Waals surface area contributed by atoms with Gasteiger partial charge in [0.1, 0.15) is 11.3 Å². The number of carbonyl (C=O) groups is 2. The van der Waals surface area contributed by atoms with Crippen molar-refractivity contribution in [1.82, 2.24) is 4.98 Å². The monoisotopic (exact) mass is 458 g/mol. The van der Waals surface area contributed by atoms with Crippen LogP contribution in [-0.2, 0) is 0 Å². The third-order valence-electron chi connectivity index (χ3n) is 5.41. The second-order valence-corrected chi connectivity index (χ2v) is 7.38. The molecule has 11 heteroatoms. The molecule has 3 aromatic carbocycles. The number of fused-ring (bicyclic) bond motifs is 3. The van der Waals surface area contributed by atoms with Gasteiger partial charge in [0, 0.05) is 17.0 Å². The molecular weight excluding hydrogens is 447 g/mol. The van der Waals surface area contributed by atoms with Gasteiger partial charge in [-0.25, -0.2) is 14.3 Å². The van der Waals surface area contributed by atoms with E-state index >= 15 is 0 Å². The van der Waals surface area contributed by atoms with Crippen molar-refractivity contribution in [2.75, 3.05) is 4.90 Å². The van der Waals surface area contributed by atoms with Gasteiger partial charge >= 0.3 is 5.69 Å². The van der Waals surface area contributed by atoms with E-state index in [9.17, 15) is 34.2 Å². The zero-order chi connectivity index (χ0) is 24.1. The van der Waals surface area contributed by atoms with Gasteiger partial charge in [0.05, 0.1) is 38.4 Å². The average molecular weight is 458 g/mol. The summed E-state index contributed by atoms with van der Waals surface area (Å²) in [5.41, 5.74) is -1.72. The van der Waals surface area contributed by atoms with Crippen molar-refractivity contribution in [3.8, 4) is 11.3 Å². The van der Waals surface area contributed by atoms with E-state index in [1.54, 1.807) is 30.3 Å². The second kappa shape index (κ2) is 7.52. The largest absolute Gasteiger partial charge is 0.302 e. The summed E-state index contributed by atoms with van der Waals surface area (Å²) in [6, 6.07) is 14.8. The lowest BCUT2D eigenvalue weighted by molar-refractivity contribution is -0.393. The molecule has 0 saturated carbocycles.